The van der Waals surface area contributed by atoms with Crippen LogP contribution in [0.2, 0.25) is 0 Å². The van der Waals surface area contributed by atoms with Gasteiger partial charge >= 0.3 is 0 Å². The Morgan fingerprint density at radius 1 is 1.33 bits per heavy atom. The van der Waals surface area contributed by atoms with Gasteiger partial charge < -0.3 is 10.5 Å². The quantitative estimate of drug-likeness (QED) is 0.613. The molecule has 2 rings (SSSR count). The predicted octanol–water partition coefficient (Wildman–Crippen LogP) is 3.00. The number of hydrogen-bond donors (Lipinski definition) is 0. The van der Waals surface area contributed by atoms with E-state index in [0.717, 1.165) is 11.8 Å². The number of aromatic nitrogens is 1. The maximum absolute atomic E-state index is 10.5. The normalized spacial score (nSPS) is 10.1. The molecular formula is C12H10N3O3. The molecule has 0 atom stereocenters. The van der Waals surface area contributed by atoms with Crippen LogP contribution < -0.4 is 10.5 Å². The van der Waals surface area contributed by atoms with E-state index in [9.17, 15) is 10.1 Å². The molecule has 1 radical (unpaired) electrons. The van der Waals surface area contributed by atoms with Crippen LogP contribution in [-0.2, 0) is 0 Å². The number of aryl methyl sites for hydroxylation is 1. The lowest BCUT2D eigenvalue weighted by molar-refractivity contribution is -0.385. The second kappa shape index (κ2) is 4.70. The Kier molecular flexibility index (Phi) is 3.09. The number of benzene rings is 1. The van der Waals surface area contributed by atoms with Gasteiger partial charge in [0.2, 0.25) is 5.88 Å². The summed E-state index contributed by atoms with van der Waals surface area (Å²) in [6.07, 6.45) is 1.14. The van der Waals surface area contributed by atoms with E-state index in [0.29, 0.717) is 11.4 Å². The van der Waals surface area contributed by atoms with E-state index in [2.05, 4.69) is 4.98 Å². The predicted molar refractivity (Wildman–Crippen MR) is 64.9 cm³/mol. The molecule has 1 heterocycles. The molecule has 2 aromatic rings. The molecule has 1 aromatic carbocycles. The molecule has 6 heteroatoms. The van der Waals surface area contributed by atoms with Crippen molar-refractivity contribution in [2.45, 2.75) is 6.92 Å². The van der Waals surface area contributed by atoms with Crippen molar-refractivity contribution >= 4 is 11.4 Å². The molecule has 91 valence electrons. The Morgan fingerprint density at radius 3 is 2.67 bits per heavy atom. The summed E-state index contributed by atoms with van der Waals surface area (Å²) in [4.78, 5) is 13.8. The molecule has 0 aliphatic carbocycles. The first-order valence-electron chi connectivity index (χ1n) is 5.17. The van der Waals surface area contributed by atoms with Crippen LogP contribution in [0.4, 0.5) is 11.4 Å². The largest absolute Gasteiger partial charge is 0.439 e. The van der Waals surface area contributed by atoms with Crippen molar-refractivity contribution in [3.8, 4) is 11.6 Å². The summed E-state index contributed by atoms with van der Waals surface area (Å²) in [5.74, 6) is 0.855. The van der Waals surface area contributed by atoms with Crippen LogP contribution in [0.1, 0.15) is 5.56 Å². The zero-order valence-corrected chi connectivity index (χ0v) is 9.58. The van der Waals surface area contributed by atoms with Gasteiger partial charge in [-0.15, -0.1) is 0 Å². The average Bonchev–Trinajstić information content (AvgIpc) is 2.33. The van der Waals surface area contributed by atoms with Crippen LogP contribution in [0.5, 0.6) is 11.6 Å². The summed E-state index contributed by atoms with van der Waals surface area (Å²) >= 11 is 0. The van der Waals surface area contributed by atoms with Crippen molar-refractivity contribution < 1.29 is 9.66 Å². The molecule has 0 aliphatic rings. The van der Waals surface area contributed by atoms with Crippen LogP contribution in [0, 0.1) is 17.0 Å². The molecule has 6 nitrogen and oxygen atoms in total. The maximum Gasteiger partial charge on any atom is 0.287 e. The third-order valence-corrected chi connectivity index (χ3v) is 2.32. The molecule has 0 amide bonds. The fourth-order valence-corrected chi connectivity index (χ4v) is 1.42. The van der Waals surface area contributed by atoms with Gasteiger partial charge in [-0.05, 0) is 30.7 Å². The van der Waals surface area contributed by atoms with Crippen molar-refractivity contribution in [2.75, 3.05) is 0 Å². The molecule has 0 unspecified atom stereocenters. The Morgan fingerprint density at radius 2 is 2.11 bits per heavy atom. The monoisotopic (exact) mass is 244 g/mol. The van der Waals surface area contributed by atoms with E-state index in [1.807, 2.05) is 6.92 Å². The lowest BCUT2D eigenvalue weighted by atomic mass is 10.2. The molecule has 0 saturated heterocycles. The van der Waals surface area contributed by atoms with E-state index in [1.165, 1.54) is 12.1 Å². The number of rotatable bonds is 3. The Bertz CT molecular complexity index is 582. The third kappa shape index (κ3) is 2.54. The molecule has 0 fully saturated rings. The van der Waals surface area contributed by atoms with Crippen LogP contribution in [0.3, 0.4) is 0 Å². The standard InChI is InChI=1S/C12H10N3O3/c1-8-6-9(13)2-4-11(8)18-12-5-3-10(7-14-12)15(16)17/h2-7,13H,1H3. The number of nitrogens with one attached hydrogen (secondary N) is 1. The van der Waals surface area contributed by atoms with Crippen LogP contribution in [0.25, 0.3) is 0 Å². The lowest BCUT2D eigenvalue weighted by Gasteiger charge is -2.07. The first-order valence-corrected chi connectivity index (χ1v) is 5.17. The molecule has 18 heavy (non-hydrogen) atoms. The van der Waals surface area contributed by atoms with Gasteiger partial charge in [0, 0.05) is 12.1 Å². The highest BCUT2D eigenvalue weighted by atomic mass is 16.6. The molecule has 1 aromatic heterocycles. The van der Waals surface area contributed by atoms with Gasteiger partial charge in [0.25, 0.3) is 5.69 Å². The number of pyridine rings is 1. The van der Waals surface area contributed by atoms with E-state index >= 15 is 0 Å². The molecule has 1 N–H and O–H groups in total. The van der Waals surface area contributed by atoms with Crippen LogP contribution in [0.15, 0.2) is 36.5 Å². The highest BCUT2D eigenvalue weighted by Gasteiger charge is 2.07. The van der Waals surface area contributed by atoms with Crippen molar-refractivity contribution in [1.82, 2.24) is 10.7 Å². The molecule has 0 saturated carbocycles. The third-order valence-electron chi connectivity index (χ3n) is 2.32. The minimum Gasteiger partial charge on any atom is -0.439 e. The van der Waals surface area contributed by atoms with Crippen LogP contribution >= 0.6 is 0 Å². The summed E-state index contributed by atoms with van der Waals surface area (Å²) in [5, 5.41) is 10.5. The average molecular weight is 244 g/mol. The van der Waals surface area contributed by atoms with Crippen molar-refractivity contribution in [2.24, 2.45) is 0 Å². The molecular weight excluding hydrogens is 234 g/mol. The maximum atomic E-state index is 10.5. The van der Waals surface area contributed by atoms with E-state index in [1.54, 1.807) is 18.2 Å². The fraction of sp³-hybridized carbons (Fsp3) is 0.0833. The molecule has 0 spiro atoms. The van der Waals surface area contributed by atoms with Crippen molar-refractivity contribution in [3.05, 3.63) is 52.2 Å². The summed E-state index contributed by atoms with van der Waals surface area (Å²) in [5.41, 5.74) is 8.57. The summed E-state index contributed by atoms with van der Waals surface area (Å²) in [6, 6.07) is 7.71. The second-order valence-electron chi connectivity index (χ2n) is 3.69. The van der Waals surface area contributed by atoms with Crippen molar-refractivity contribution in [3.63, 3.8) is 0 Å². The molecule has 0 bridgehead atoms. The number of ether oxygens (including phenoxy) is 1. The minimum absolute atomic E-state index is 0.0828. The van der Waals surface area contributed by atoms with Gasteiger partial charge in [0.05, 0.1) is 10.6 Å². The second-order valence-corrected chi connectivity index (χ2v) is 3.69. The molecule has 0 aliphatic heterocycles. The van der Waals surface area contributed by atoms with Gasteiger partial charge in [0.15, 0.2) is 0 Å². The number of nitro groups is 1. The van der Waals surface area contributed by atoms with E-state index < -0.39 is 4.92 Å². The lowest BCUT2D eigenvalue weighted by Crippen LogP contribution is -1.92. The summed E-state index contributed by atoms with van der Waals surface area (Å²) < 4.78 is 5.48. The Labute approximate surface area is 103 Å². The summed E-state index contributed by atoms with van der Waals surface area (Å²) in [6.45, 7) is 1.82. The van der Waals surface area contributed by atoms with E-state index in [-0.39, 0.29) is 11.6 Å². The van der Waals surface area contributed by atoms with Gasteiger partial charge in [-0.1, -0.05) is 0 Å². The zero-order chi connectivity index (χ0) is 13.1. The van der Waals surface area contributed by atoms with Crippen molar-refractivity contribution in [1.29, 1.82) is 0 Å². The smallest absolute Gasteiger partial charge is 0.287 e. The Hall–Kier alpha value is -2.63. The minimum atomic E-state index is -0.517. The first kappa shape index (κ1) is 11.8. The van der Waals surface area contributed by atoms with Gasteiger partial charge in [-0.25, -0.2) is 4.98 Å². The highest BCUT2D eigenvalue weighted by molar-refractivity contribution is 5.46. The highest BCUT2D eigenvalue weighted by Crippen LogP contribution is 2.26. The SMILES string of the molecule is Cc1cc([NH])ccc1Oc1ccc([N+](=O)[O-])cn1. The topological polar surface area (TPSA) is 89.1 Å². The van der Waals surface area contributed by atoms with Gasteiger partial charge in [0.1, 0.15) is 11.9 Å². The number of nitrogens with zero attached hydrogens (tertiary/aromatic N) is 2. The fourth-order valence-electron chi connectivity index (χ4n) is 1.42. The van der Waals surface area contributed by atoms with Gasteiger partial charge in [-0.2, -0.15) is 0 Å². The zero-order valence-electron chi connectivity index (χ0n) is 9.58. The summed E-state index contributed by atoms with van der Waals surface area (Å²) in [7, 11) is 0. The van der Waals surface area contributed by atoms with Crippen LogP contribution in [-0.4, -0.2) is 9.91 Å². The first-order chi connectivity index (χ1) is 8.56. The van der Waals surface area contributed by atoms with Gasteiger partial charge in [-0.3, -0.25) is 10.1 Å². The number of hydrogen-bond acceptors (Lipinski definition) is 4. The Balaban J connectivity index is 2.21. The van der Waals surface area contributed by atoms with E-state index in [4.69, 9.17) is 10.5 Å².